The number of hydrogen-bond acceptors (Lipinski definition) is 4. The van der Waals surface area contributed by atoms with Crippen LogP contribution in [0.5, 0.6) is 0 Å². The minimum Gasteiger partial charge on any atom is -0.378 e. The number of halogens is 2. The SMILES string of the molecule is O=C(Nc1ccccc1C(=O)N1CCOCC1)C1CCCN(Cc2ccc(Cl)cc2Cl)C1. The van der Waals surface area contributed by atoms with Crippen LogP contribution < -0.4 is 5.32 Å². The van der Waals surface area contributed by atoms with E-state index in [1.165, 1.54) is 0 Å². The molecule has 2 fully saturated rings. The number of ether oxygens (including phenoxy) is 1. The molecule has 0 saturated carbocycles. The summed E-state index contributed by atoms with van der Waals surface area (Å²) >= 11 is 12.3. The second-order valence-electron chi connectivity index (χ2n) is 8.25. The minimum absolute atomic E-state index is 0.0564. The molecule has 1 N–H and O–H groups in total. The first kappa shape index (κ1) is 23.1. The zero-order valence-electron chi connectivity index (χ0n) is 17.9. The van der Waals surface area contributed by atoms with Crippen molar-refractivity contribution < 1.29 is 14.3 Å². The molecule has 2 amide bonds. The third-order valence-corrected chi connectivity index (χ3v) is 6.59. The number of benzene rings is 2. The molecular formula is C24H27Cl2N3O3. The van der Waals surface area contributed by atoms with Crippen molar-refractivity contribution in [2.45, 2.75) is 19.4 Å². The molecule has 0 aromatic heterocycles. The van der Waals surface area contributed by atoms with Crippen molar-refractivity contribution in [1.29, 1.82) is 0 Å². The fourth-order valence-corrected chi connectivity index (χ4v) is 4.72. The van der Waals surface area contributed by atoms with Crippen LogP contribution in [0.3, 0.4) is 0 Å². The average Bonchev–Trinajstić information content (AvgIpc) is 2.81. The van der Waals surface area contributed by atoms with Crippen molar-refractivity contribution in [3.05, 3.63) is 63.6 Å². The van der Waals surface area contributed by atoms with Crippen molar-refractivity contribution in [2.75, 3.05) is 44.7 Å². The molecule has 2 aromatic carbocycles. The summed E-state index contributed by atoms with van der Waals surface area (Å²) in [6, 6.07) is 12.7. The quantitative estimate of drug-likeness (QED) is 0.699. The summed E-state index contributed by atoms with van der Waals surface area (Å²) in [6.45, 7) is 4.43. The van der Waals surface area contributed by atoms with Gasteiger partial charge in [-0.25, -0.2) is 0 Å². The van der Waals surface area contributed by atoms with Gasteiger partial charge in [0.05, 0.1) is 30.4 Å². The van der Waals surface area contributed by atoms with E-state index in [-0.39, 0.29) is 17.7 Å². The fraction of sp³-hybridized carbons (Fsp3) is 0.417. The van der Waals surface area contributed by atoms with Gasteiger partial charge in [-0.05, 0) is 49.2 Å². The minimum atomic E-state index is -0.152. The summed E-state index contributed by atoms with van der Waals surface area (Å²) in [5.74, 6) is -0.285. The Morgan fingerprint density at radius 1 is 1.06 bits per heavy atom. The highest BCUT2D eigenvalue weighted by Gasteiger charge is 2.28. The lowest BCUT2D eigenvalue weighted by Gasteiger charge is -2.32. The summed E-state index contributed by atoms with van der Waals surface area (Å²) in [4.78, 5) is 30.1. The van der Waals surface area contributed by atoms with E-state index < -0.39 is 0 Å². The van der Waals surface area contributed by atoms with E-state index in [0.717, 1.165) is 24.9 Å². The molecule has 1 atom stereocenters. The van der Waals surface area contributed by atoms with Crippen LogP contribution in [0.4, 0.5) is 5.69 Å². The van der Waals surface area contributed by atoms with Crippen LogP contribution in [0.15, 0.2) is 42.5 Å². The van der Waals surface area contributed by atoms with Gasteiger partial charge in [0.1, 0.15) is 0 Å². The number of rotatable bonds is 5. The molecule has 2 aliphatic heterocycles. The van der Waals surface area contributed by atoms with Gasteiger partial charge in [0.25, 0.3) is 5.91 Å². The first-order valence-corrected chi connectivity index (χ1v) is 11.7. The first-order chi connectivity index (χ1) is 15.5. The van der Waals surface area contributed by atoms with E-state index in [2.05, 4.69) is 10.2 Å². The number of morpholine rings is 1. The third kappa shape index (κ3) is 5.62. The fourth-order valence-electron chi connectivity index (χ4n) is 4.25. The van der Waals surface area contributed by atoms with Crippen molar-refractivity contribution in [3.8, 4) is 0 Å². The maximum Gasteiger partial charge on any atom is 0.256 e. The van der Waals surface area contributed by atoms with Crippen molar-refractivity contribution in [1.82, 2.24) is 9.80 Å². The number of nitrogens with one attached hydrogen (secondary N) is 1. The predicted molar refractivity (Wildman–Crippen MR) is 126 cm³/mol. The number of nitrogens with zero attached hydrogens (tertiary/aromatic N) is 2. The van der Waals surface area contributed by atoms with E-state index in [0.29, 0.717) is 60.7 Å². The molecule has 2 aromatic rings. The van der Waals surface area contributed by atoms with Crippen LogP contribution in [0.1, 0.15) is 28.8 Å². The molecule has 170 valence electrons. The molecular weight excluding hydrogens is 449 g/mol. The predicted octanol–water partition coefficient (Wildman–Crippen LogP) is 4.32. The number of para-hydroxylation sites is 1. The lowest BCUT2D eigenvalue weighted by Crippen LogP contribution is -2.42. The van der Waals surface area contributed by atoms with E-state index >= 15 is 0 Å². The molecule has 8 heteroatoms. The number of amides is 2. The third-order valence-electron chi connectivity index (χ3n) is 6.00. The molecule has 0 radical (unpaired) electrons. The standard InChI is InChI=1S/C24H27Cl2N3O3/c25-19-8-7-17(21(26)14-19)15-28-9-3-4-18(16-28)23(30)27-22-6-2-1-5-20(22)24(31)29-10-12-32-13-11-29/h1-2,5-8,14,18H,3-4,9-13,15-16H2,(H,27,30). The highest BCUT2D eigenvalue weighted by Crippen LogP contribution is 2.26. The van der Waals surface area contributed by atoms with Gasteiger partial charge in [-0.1, -0.05) is 41.4 Å². The molecule has 2 saturated heterocycles. The Morgan fingerprint density at radius 3 is 2.62 bits per heavy atom. The molecule has 0 bridgehead atoms. The Kier molecular flexibility index (Phi) is 7.68. The maximum absolute atomic E-state index is 13.1. The molecule has 0 aliphatic carbocycles. The molecule has 0 spiro atoms. The van der Waals surface area contributed by atoms with Gasteiger partial charge < -0.3 is 15.0 Å². The first-order valence-electron chi connectivity index (χ1n) is 10.9. The normalized spacial score (nSPS) is 19.6. The lowest BCUT2D eigenvalue weighted by molar-refractivity contribution is -0.121. The Labute approximate surface area is 198 Å². The van der Waals surface area contributed by atoms with E-state index in [4.69, 9.17) is 27.9 Å². The highest BCUT2D eigenvalue weighted by molar-refractivity contribution is 6.35. The molecule has 6 nitrogen and oxygen atoms in total. The lowest BCUT2D eigenvalue weighted by atomic mass is 9.96. The number of carbonyl (C=O) groups is 2. The van der Waals surface area contributed by atoms with Crippen molar-refractivity contribution >= 4 is 40.7 Å². The molecule has 2 heterocycles. The van der Waals surface area contributed by atoms with E-state index in [1.807, 2.05) is 24.3 Å². The Morgan fingerprint density at radius 2 is 1.84 bits per heavy atom. The van der Waals surface area contributed by atoms with E-state index in [9.17, 15) is 9.59 Å². The van der Waals surface area contributed by atoms with Gasteiger partial charge >= 0.3 is 0 Å². The summed E-state index contributed by atoms with van der Waals surface area (Å²) < 4.78 is 5.34. The van der Waals surface area contributed by atoms with Gasteiger partial charge in [0.2, 0.25) is 5.91 Å². The van der Waals surface area contributed by atoms with Crippen LogP contribution in [0.25, 0.3) is 0 Å². The van der Waals surface area contributed by atoms with Crippen molar-refractivity contribution in [2.24, 2.45) is 5.92 Å². The number of piperidine rings is 1. The maximum atomic E-state index is 13.1. The molecule has 4 rings (SSSR count). The smallest absolute Gasteiger partial charge is 0.256 e. The van der Waals surface area contributed by atoms with Gasteiger partial charge in [-0.2, -0.15) is 0 Å². The summed E-state index contributed by atoms with van der Waals surface area (Å²) in [5, 5.41) is 4.27. The van der Waals surface area contributed by atoms with E-state index in [1.54, 1.807) is 23.1 Å². The second kappa shape index (κ2) is 10.7. The zero-order chi connectivity index (χ0) is 22.5. The zero-order valence-corrected chi connectivity index (χ0v) is 19.4. The average molecular weight is 476 g/mol. The molecule has 2 aliphatic rings. The van der Waals surface area contributed by atoms with Crippen molar-refractivity contribution in [3.63, 3.8) is 0 Å². The summed E-state index contributed by atoms with van der Waals surface area (Å²) in [7, 11) is 0. The van der Waals surface area contributed by atoms with Crippen LogP contribution in [0.2, 0.25) is 10.0 Å². The number of likely N-dealkylation sites (tertiary alicyclic amines) is 1. The Bertz CT molecular complexity index is 979. The van der Waals surface area contributed by atoms with Crippen LogP contribution in [0, 0.1) is 5.92 Å². The summed E-state index contributed by atoms with van der Waals surface area (Å²) in [5.41, 5.74) is 2.08. The van der Waals surface area contributed by atoms with Crippen LogP contribution >= 0.6 is 23.2 Å². The number of carbonyl (C=O) groups excluding carboxylic acids is 2. The van der Waals surface area contributed by atoms with Crippen LogP contribution in [-0.2, 0) is 16.1 Å². The van der Waals surface area contributed by atoms with Gasteiger partial charge in [0.15, 0.2) is 0 Å². The largest absolute Gasteiger partial charge is 0.378 e. The second-order valence-corrected chi connectivity index (χ2v) is 9.09. The van der Waals surface area contributed by atoms with Gasteiger partial charge in [-0.15, -0.1) is 0 Å². The Hall–Kier alpha value is -2.12. The number of hydrogen-bond donors (Lipinski definition) is 1. The van der Waals surface area contributed by atoms with Gasteiger partial charge in [0, 0.05) is 36.2 Å². The monoisotopic (exact) mass is 475 g/mol. The molecule has 1 unspecified atom stereocenters. The topological polar surface area (TPSA) is 61.9 Å². The summed E-state index contributed by atoms with van der Waals surface area (Å²) in [6.07, 6.45) is 1.74. The van der Waals surface area contributed by atoms with Crippen LogP contribution in [-0.4, -0.2) is 61.0 Å². The Balaban J connectivity index is 1.41. The van der Waals surface area contributed by atoms with Gasteiger partial charge in [-0.3, -0.25) is 14.5 Å². The molecule has 32 heavy (non-hydrogen) atoms. The number of anilines is 1. The highest BCUT2D eigenvalue weighted by atomic mass is 35.5.